The smallest absolute Gasteiger partial charge is 0.251 e. The number of phenols is 1. The Bertz CT molecular complexity index is 613. The number of rotatable bonds is 5. The number of benzene rings is 2. The summed E-state index contributed by atoms with van der Waals surface area (Å²) >= 11 is 5.96. The van der Waals surface area contributed by atoms with Crippen LogP contribution in [0.25, 0.3) is 0 Å². The van der Waals surface area contributed by atoms with Gasteiger partial charge in [-0.1, -0.05) is 36.4 Å². The summed E-state index contributed by atoms with van der Waals surface area (Å²) in [6.45, 7) is 1.72. The van der Waals surface area contributed by atoms with E-state index >= 15 is 0 Å². The maximum atomic E-state index is 12.3. The van der Waals surface area contributed by atoms with Crippen LogP contribution in [0.15, 0.2) is 48.5 Å². The topological polar surface area (TPSA) is 49.3 Å². The molecule has 1 atom stereocenters. The maximum Gasteiger partial charge on any atom is 0.251 e. The van der Waals surface area contributed by atoms with Gasteiger partial charge in [-0.25, -0.2) is 0 Å². The molecule has 0 saturated carbocycles. The van der Waals surface area contributed by atoms with Gasteiger partial charge in [0.25, 0.3) is 5.91 Å². The number of amides is 1. The minimum Gasteiger partial charge on any atom is -0.508 e. The molecule has 0 bridgehead atoms. The lowest BCUT2D eigenvalue weighted by Crippen LogP contribution is -2.38. The molecule has 0 aliphatic rings. The summed E-state index contributed by atoms with van der Waals surface area (Å²) in [6, 6.07) is 14.6. The zero-order chi connectivity index (χ0) is 15.2. The number of aromatic hydroxyl groups is 1. The lowest BCUT2D eigenvalue weighted by molar-refractivity contribution is 0.0939. The summed E-state index contributed by atoms with van der Waals surface area (Å²) in [6.07, 6.45) is 0.675. The predicted octanol–water partition coefficient (Wildman–Crippen LogP) is 3.28. The van der Waals surface area contributed by atoms with E-state index in [1.165, 1.54) is 0 Å². The van der Waals surface area contributed by atoms with Crippen molar-refractivity contribution in [3.8, 4) is 5.75 Å². The number of hydrogen-bond donors (Lipinski definition) is 2. The highest BCUT2D eigenvalue weighted by molar-refractivity contribution is 6.18. The third-order valence-electron chi connectivity index (χ3n) is 3.40. The quantitative estimate of drug-likeness (QED) is 0.833. The molecule has 3 nitrogen and oxygen atoms in total. The summed E-state index contributed by atoms with van der Waals surface area (Å²) in [5, 5.41) is 12.6. The predicted molar refractivity (Wildman–Crippen MR) is 85.0 cm³/mol. The highest BCUT2D eigenvalue weighted by Crippen LogP contribution is 2.19. The molecule has 0 spiro atoms. The maximum absolute atomic E-state index is 12.3. The highest BCUT2D eigenvalue weighted by atomic mass is 35.5. The van der Waals surface area contributed by atoms with Gasteiger partial charge in [-0.2, -0.15) is 0 Å². The van der Waals surface area contributed by atoms with Crippen molar-refractivity contribution in [1.82, 2.24) is 5.32 Å². The summed E-state index contributed by atoms with van der Waals surface area (Å²) in [5.74, 6) is 0.233. The standard InChI is InChI=1S/C17H18ClNO2/c1-12-15(8-5-9-16(12)20)17(21)19-14(11-18)10-13-6-3-2-4-7-13/h2-9,14,20H,10-11H2,1H3,(H,19,21). The monoisotopic (exact) mass is 303 g/mol. The van der Waals surface area contributed by atoms with E-state index < -0.39 is 0 Å². The molecule has 0 aliphatic carbocycles. The fourth-order valence-corrected chi connectivity index (χ4v) is 2.36. The molecule has 0 radical (unpaired) electrons. The van der Waals surface area contributed by atoms with Crippen molar-refractivity contribution in [2.75, 3.05) is 5.88 Å². The first kappa shape index (κ1) is 15.4. The van der Waals surface area contributed by atoms with E-state index in [1.54, 1.807) is 25.1 Å². The molecule has 4 heteroatoms. The molecule has 0 heterocycles. The van der Waals surface area contributed by atoms with Crippen LogP contribution in [0.2, 0.25) is 0 Å². The van der Waals surface area contributed by atoms with Crippen LogP contribution in [0, 0.1) is 6.92 Å². The number of hydrogen-bond acceptors (Lipinski definition) is 2. The molecule has 110 valence electrons. The van der Waals surface area contributed by atoms with E-state index in [4.69, 9.17) is 11.6 Å². The van der Waals surface area contributed by atoms with Crippen LogP contribution < -0.4 is 5.32 Å². The molecule has 2 aromatic carbocycles. The van der Waals surface area contributed by atoms with E-state index in [2.05, 4.69) is 5.32 Å². The lowest BCUT2D eigenvalue weighted by Gasteiger charge is -2.17. The van der Waals surface area contributed by atoms with Crippen molar-refractivity contribution < 1.29 is 9.90 Å². The Morgan fingerprint density at radius 2 is 1.90 bits per heavy atom. The minimum absolute atomic E-state index is 0.119. The Morgan fingerprint density at radius 1 is 1.19 bits per heavy atom. The van der Waals surface area contributed by atoms with Gasteiger partial charge in [0, 0.05) is 23.0 Å². The zero-order valence-electron chi connectivity index (χ0n) is 11.8. The molecule has 0 aliphatic heterocycles. The van der Waals surface area contributed by atoms with E-state index in [1.807, 2.05) is 30.3 Å². The van der Waals surface area contributed by atoms with Gasteiger partial charge >= 0.3 is 0 Å². The molecule has 21 heavy (non-hydrogen) atoms. The Labute approximate surface area is 129 Å². The second-order valence-electron chi connectivity index (χ2n) is 4.96. The van der Waals surface area contributed by atoms with Gasteiger partial charge in [-0.05, 0) is 31.0 Å². The van der Waals surface area contributed by atoms with Crippen molar-refractivity contribution in [2.45, 2.75) is 19.4 Å². The van der Waals surface area contributed by atoms with E-state index in [-0.39, 0.29) is 17.7 Å². The van der Waals surface area contributed by atoms with Crippen LogP contribution in [0.4, 0.5) is 0 Å². The zero-order valence-corrected chi connectivity index (χ0v) is 12.6. The van der Waals surface area contributed by atoms with Crippen molar-refractivity contribution in [2.24, 2.45) is 0 Å². The molecule has 1 unspecified atom stereocenters. The fourth-order valence-electron chi connectivity index (χ4n) is 2.18. The van der Waals surface area contributed by atoms with Gasteiger partial charge < -0.3 is 10.4 Å². The Morgan fingerprint density at radius 3 is 2.57 bits per heavy atom. The molecule has 1 amide bonds. The molecule has 2 aromatic rings. The number of carbonyl (C=O) groups excluding carboxylic acids is 1. The highest BCUT2D eigenvalue weighted by Gasteiger charge is 2.16. The first-order valence-corrected chi connectivity index (χ1v) is 7.34. The average Bonchev–Trinajstić information content (AvgIpc) is 2.50. The van der Waals surface area contributed by atoms with Crippen LogP contribution in [0.5, 0.6) is 5.75 Å². The third-order valence-corrected chi connectivity index (χ3v) is 3.77. The van der Waals surface area contributed by atoms with Crippen molar-refractivity contribution in [1.29, 1.82) is 0 Å². The van der Waals surface area contributed by atoms with Crippen LogP contribution in [0.1, 0.15) is 21.5 Å². The summed E-state index contributed by atoms with van der Waals surface area (Å²) < 4.78 is 0. The Hall–Kier alpha value is -2.00. The van der Waals surface area contributed by atoms with Gasteiger partial charge in [0.15, 0.2) is 0 Å². The number of nitrogens with one attached hydrogen (secondary N) is 1. The van der Waals surface area contributed by atoms with E-state index in [0.717, 1.165) is 5.56 Å². The minimum atomic E-state index is -0.218. The van der Waals surface area contributed by atoms with Gasteiger partial charge in [0.2, 0.25) is 0 Å². The summed E-state index contributed by atoms with van der Waals surface area (Å²) in [5.41, 5.74) is 2.16. The summed E-state index contributed by atoms with van der Waals surface area (Å²) in [7, 11) is 0. The fraction of sp³-hybridized carbons (Fsp3) is 0.235. The number of alkyl halides is 1. The van der Waals surface area contributed by atoms with Crippen molar-refractivity contribution in [3.05, 3.63) is 65.2 Å². The van der Waals surface area contributed by atoms with E-state index in [0.29, 0.717) is 23.4 Å². The molecule has 0 fully saturated rings. The molecule has 2 rings (SSSR count). The van der Waals surface area contributed by atoms with E-state index in [9.17, 15) is 9.90 Å². The number of carbonyl (C=O) groups is 1. The second kappa shape index (κ2) is 7.14. The first-order valence-electron chi connectivity index (χ1n) is 6.81. The average molecular weight is 304 g/mol. The molecule has 2 N–H and O–H groups in total. The Kier molecular flexibility index (Phi) is 5.23. The second-order valence-corrected chi connectivity index (χ2v) is 5.27. The van der Waals surface area contributed by atoms with Crippen molar-refractivity contribution in [3.63, 3.8) is 0 Å². The largest absolute Gasteiger partial charge is 0.508 e. The molecule has 0 aromatic heterocycles. The van der Waals surface area contributed by atoms with Gasteiger partial charge in [0.05, 0.1) is 0 Å². The van der Waals surface area contributed by atoms with Gasteiger partial charge in [0.1, 0.15) is 5.75 Å². The normalized spacial score (nSPS) is 11.9. The number of halogens is 1. The molecular formula is C17H18ClNO2. The number of phenolic OH excluding ortho intramolecular Hbond substituents is 1. The molecule has 0 saturated heterocycles. The van der Waals surface area contributed by atoms with Crippen molar-refractivity contribution >= 4 is 17.5 Å². The van der Waals surface area contributed by atoms with Crippen LogP contribution in [0.3, 0.4) is 0 Å². The lowest BCUT2D eigenvalue weighted by atomic mass is 10.0. The first-order chi connectivity index (χ1) is 10.1. The summed E-state index contributed by atoms with van der Waals surface area (Å²) in [4.78, 5) is 12.3. The van der Waals surface area contributed by atoms with Gasteiger partial charge in [-0.3, -0.25) is 4.79 Å². The van der Waals surface area contributed by atoms with Crippen LogP contribution >= 0.6 is 11.6 Å². The van der Waals surface area contributed by atoms with Crippen LogP contribution in [-0.2, 0) is 6.42 Å². The SMILES string of the molecule is Cc1c(O)cccc1C(=O)NC(CCl)Cc1ccccc1. The third kappa shape index (κ3) is 3.99. The van der Waals surface area contributed by atoms with Gasteiger partial charge in [-0.15, -0.1) is 11.6 Å². The Balaban J connectivity index is 2.08. The molecular weight excluding hydrogens is 286 g/mol. The van der Waals surface area contributed by atoms with Crippen LogP contribution in [-0.4, -0.2) is 22.9 Å².